The van der Waals surface area contributed by atoms with E-state index in [1.54, 1.807) is 15.9 Å². The fourth-order valence-electron chi connectivity index (χ4n) is 7.13. The van der Waals surface area contributed by atoms with Gasteiger partial charge >= 0.3 is 12.2 Å². The van der Waals surface area contributed by atoms with Crippen LogP contribution in [0.25, 0.3) is 0 Å². The molecule has 0 N–H and O–H groups in total. The molecule has 4 aliphatic heterocycles. The van der Waals surface area contributed by atoms with Gasteiger partial charge in [-0.25, -0.2) is 0 Å². The number of amides is 1. The lowest BCUT2D eigenvalue weighted by molar-refractivity contribution is -0.137. The van der Waals surface area contributed by atoms with Crippen molar-refractivity contribution in [2.24, 2.45) is 5.92 Å². The Balaban J connectivity index is 1.24. The van der Waals surface area contributed by atoms with Crippen LogP contribution in [0.4, 0.5) is 24.7 Å². The van der Waals surface area contributed by atoms with E-state index in [0.29, 0.717) is 68.8 Å². The van der Waals surface area contributed by atoms with E-state index in [1.807, 2.05) is 4.90 Å². The topological polar surface area (TPSA) is 98.1 Å². The molecular weight excluding hydrogens is 587 g/mol. The normalized spacial score (nSPS) is 24.8. The summed E-state index contributed by atoms with van der Waals surface area (Å²) in [5.41, 5.74) is 0.894. The summed E-state index contributed by atoms with van der Waals surface area (Å²) in [7, 11) is 0. The molecule has 6 rings (SSSR count). The minimum absolute atomic E-state index is 0.113. The van der Waals surface area contributed by atoms with Gasteiger partial charge in [0, 0.05) is 62.5 Å². The Morgan fingerprint density at radius 1 is 1.20 bits per heavy atom. The predicted octanol–water partition coefficient (Wildman–Crippen LogP) is 3.66. The first-order valence-corrected chi connectivity index (χ1v) is 15.5. The van der Waals surface area contributed by atoms with E-state index < -0.39 is 11.7 Å². The van der Waals surface area contributed by atoms with E-state index >= 15 is 0 Å². The minimum atomic E-state index is -4.49. The highest BCUT2D eigenvalue weighted by molar-refractivity contribution is 5.87. The second-order valence-corrected chi connectivity index (χ2v) is 12.1. The molecule has 1 aromatic heterocycles. The number of alkyl halides is 3. The number of aromatic nitrogens is 2. The summed E-state index contributed by atoms with van der Waals surface area (Å²) in [6.45, 7) is 10.5. The second-order valence-electron chi connectivity index (χ2n) is 12.1. The average molecular weight is 626 g/mol. The van der Waals surface area contributed by atoms with Crippen LogP contribution in [0.1, 0.15) is 36.6 Å². The number of nitriles is 1. The number of hydrogen-bond donors (Lipinski definition) is 0. The first-order valence-electron chi connectivity index (χ1n) is 15.5. The number of hydrogen-bond acceptors (Lipinski definition) is 9. The highest BCUT2D eigenvalue weighted by atomic mass is 19.4. The summed E-state index contributed by atoms with van der Waals surface area (Å²) < 4.78 is 53.6. The van der Waals surface area contributed by atoms with E-state index in [0.717, 1.165) is 37.7 Å². The number of fused-ring (bicyclic) bond motifs is 3. The van der Waals surface area contributed by atoms with E-state index in [-0.39, 0.29) is 36.6 Å². The number of carbonyl (C=O) groups excluding carboxylic acids is 1. The highest BCUT2D eigenvalue weighted by Crippen LogP contribution is 2.39. The number of ether oxygens (including phenoxy) is 2. The molecule has 10 nitrogen and oxygen atoms in total. The smallest absolute Gasteiger partial charge is 0.418 e. The summed E-state index contributed by atoms with van der Waals surface area (Å²) in [6, 6.07) is 8.03. The van der Waals surface area contributed by atoms with Crippen LogP contribution in [0, 0.1) is 17.2 Å². The molecule has 2 aromatic rings. The van der Waals surface area contributed by atoms with Crippen LogP contribution in [0.5, 0.6) is 6.01 Å². The molecule has 13 heteroatoms. The van der Waals surface area contributed by atoms with Crippen molar-refractivity contribution in [1.82, 2.24) is 19.8 Å². The van der Waals surface area contributed by atoms with Gasteiger partial charge in [0.25, 0.3) is 0 Å². The fourth-order valence-corrected chi connectivity index (χ4v) is 7.13. The average Bonchev–Trinajstić information content (AvgIpc) is 3.55. The van der Waals surface area contributed by atoms with Crippen molar-refractivity contribution in [2.75, 3.05) is 62.3 Å². The summed E-state index contributed by atoms with van der Waals surface area (Å²) in [5.74, 6) is 0.944. The minimum Gasteiger partial charge on any atom is -0.463 e. The standard InChI is InChI=1S/C32H38F3N7O3/c1-3-29(43)42-15-14-41(17-22(42)9-11-36)30-23-10-13-40(26-8-5-4-7-24(26)32(33,34)35)18-25(23)37-31(38-30)44-16-6-12-39-19-28-21(2)27(39)20-45-28/h3-5,7-8,21-22,27-28H,1,6,9-10,12-20H2,2H3/t21-,22?,27+,28+/m1/s1. The Morgan fingerprint density at radius 3 is 2.73 bits per heavy atom. The Morgan fingerprint density at radius 2 is 2.02 bits per heavy atom. The van der Waals surface area contributed by atoms with Gasteiger partial charge in [-0.2, -0.15) is 28.4 Å². The molecule has 0 aliphatic carbocycles. The van der Waals surface area contributed by atoms with E-state index in [9.17, 15) is 23.2 Å². The molecule has 3 saturated heterocycles. The molecule has 1 amide bonds. The molecule has 2 bridgehead atoms. The molecule has 5 heterocycles. The summed E-state index contributed by atoms with van der Waals surface area (Å²) >= 11 is 0. The zero-order chi connectivity index (χ0) is 31.7. The van der Waals surface area contributed by atoms with Crippen LogP contribution in [0.2, 0.25) is 0 Å². The number of benzene rings is 1. The third kappa shape index (κ3) is 6.31. The van der Waals surface area contributed by atoms with Gasteiger partial charge in [0.2, 0.25) is 5.91 Å². The second kappa shape index (κ2) is 12.8. The van der Waals surface area contributed by atoms with Crippen molar-refractivity contribution >= 4 is 17.4 Å². The summed E-state index contributed by atoms with van der Waals surface area (Å²) in [4.78, 5) is 29.9. The SMILES string of the molecule is C=CC(=O)N1CCN(c2nc(OCCCN3C[C@@H]4OC[C@H]3[C@H]4C)nc3c2CCN(c2ccccc2C(F)(F)F)C3)CC1CC#N. The number of rotatable bonds is 9. The van der Waals surface area contributed by atoms with Gasteiger partial charge in [-0.3, -0.25) is 9.69 Å². The summed E-state index contributed by atoms with van der Waals surface area (Å²) in [5, 5.41) is 9.48. The number of halogens is 3. The number of piperazine rings is 1. The van der Waals surface area contributed by atoms with Crippen LogP contribution < -0.4 is 14.5 Å². The zero-order valence-corrected chi connectivity index (χ0v) is 25.4. The van der Waals surface area contributed by atoms with Crippen molar-refractivity contribution in [3.63, 3.8) is 0 Å². The molecule has 0 spiro atoms. The van der Waals surface area contributed by atoms with Crippen LogP contribution in [-0.4, -0.2) is 96.3 Å². The van der Waals surface area contributed by atoms with Crippen LogP contribution in [-0.2, 0) is 28.7 Å². The first kappa shape index (κ1) is 31.1. The lowest BCUT2D eigenvalue weighted by Crippen LogP contribution is -2.55. The van der Waals surface area contributed by atoms with Crippen LogP contribution >= 0.6 is 0 Å². The van der Waals surface area contributed by atoms with Gasteiger partial charge in [0.15, 0.2) is 0 Å². The molecule has 45 heavy (non-hydrogen) atoms. The quantitative estimate of drug-likeness (QED) is 0.306. The Bertz CT molecular complexity index is 1460. The van der Waals surface area contributed by atoms with E-state index in [1.165, 1.54) is 18.2 Å². The molecule has 240 valence electrons. The van der Waals surface area contributed by atoms with Gasteiger partial charge in [-0.1, -0.05) is 25.6 Å². The van der Waals surface area contributed by atoms with Crippen molar-refractivity contribution < 1.29 is 27.4 Å². The molecule has 0 saturated carbocycles. The Kier molecular flexibility index (Phi) is 8.88. The number of nitrogens with zero attached hydrogens (tertiary/aromatic N) is 7. The van der Waals surface area contributed by atoms with E-state index in [2.05, 4.69) is 24.5 Å². The molecule has 0 radical (unpaired) electrons. The lowest BCUT2D eigenvalue weighted by Gasteiger charge is -2.42. The maximum absolute atomic E-state index is 13.9. The molecule has 3 fully saturated rings. The van der Waals surface area contributed by atoms with E-state index in [4.69, 9.17) is 19.4 Å². The Labute approximate surface area is 261 Å². The number of para-hydroxylation sites is 1. The van der Waals surface area contributed by atoms with Gasteiger partial charge in [-0.15, -0.1) is 0 Å². The van der Waals surface area contributed by atoms with Crippen molar-refractivity contribution in [2.45, 2.75) is 57.1 Å². The van der Waals surface area contributed by atoms with Crippen molar-refractivity contribution in [3.8, 4) is 12.1 Å². The highest BCUT2D eigenvalue weighted by Gasteiger charge is 2.45. The molecular formula is C32H38F3N7O3. The predicted molar refractivity (Wildman–Crippen MR) is 161 cm³/mol. The lowest BCUT2D eigenvalue weighted by atomic mass is 10.0. The van der Waals surface area contributed by atoms with Crippen molar-refractivity contribution in [1.29, 1.82) is 5.26 Å². The molecule has 1 aromatic carbocycles. The number of morpholine rings is 1. The number of likely N-dealkylation sites (tertiary alicyclic amines) is 1. The maximum Gasteiger partial charge on any atom is 0.418 e. The monoisotopic (exact) mass is 625 g/mol. The zero-order valence-electron chi connectivity index (χ0n) is 25.4. The fraction of sp³-hybridized carbons (Fsp3) is 0.562. The van der Waals surface area contributed by atoms with Gasteiger partial charge in [0.05, 0.1) is 55.7 Å². The van der Waals surface area contributed by atoms with Gasteiger partial charge < -0.3 is 24.2 Å². The van der Waals surface area contributed by atoms with Crippen LogP contribution in [0.15, 0.2) is 36.9 Å². The summed E-state index contributed by atoms with van der Waals surface area (Å²) in [6.07, 6.45) is -1.59. The number of carbonyl (C=O) groups is 1. The van der Waals surface area contributed by atoms with Gasteiger partial charge in [0.1, 0.15) is 5.82 Å². The van der Waals surface area contributed by atoms with Crippen molar-refractivity contribution in [3.05, 3.63) is 53.7 Å². The molecule has 4 aliphatic rings. The molecule has 4 atom stereocenters. The van der Waals surface area contributed by atoms with Gasteiger partial charge in [-0.05, 0) is 31.1 Å². The molecule has 1 unspecified atom stereocenters. The maximum atomic E-state index is 13.9. The largest absolute Gasteiger partial charge is 0.463 e. The number of anilines is 2. The third-order valence-corrected chi connectivity index (χ3v) is 9.52. The third-order valence-electron chi connectivity index (χ3n) is 9.52. The first-order chi connectivity index (χ1) is 21.7. The van der Waals surface area contributed by atoms with Crippen LogP contribution in [0.3, 0.4) is 0 Å². The Hall–Kier alpha value is -3.89.